The Labute approximate surface area is 117 Å². The summed E-state index contributed by atoms with van der Waals surface area (Å²) in [4.78, 5) is 16.7. The number of nitrogens with zero attached hydrogens (tertiary/aromatic N) is 2. The average Bonchev–Trinajstić information content (AvgIpc) is 2.66. The Hall–Kier alpha value is -0.870. The smallest absolute Gasteiger partial charge is 0.325 e. The molecule has 0 aliphatic carbocycles. The molecule has 0 saturated carbocycles. The third kappa shape index (κ3) is 3.18. The molecular weight excluding hydrogens is 240 g/mol. The fourth-order valence-electron chi connectivity index (χ4n) is 2.63. The summed E-state index contributed by atoms with van der Waals surface area (Å²) >= 11 is 0. The molecule has 0 N–H and O–H groups in total. The largest absolute Gasteiger partial charge is 0.468 e. The second-order valence-electron chi connectivity index (χ2n) is 7.12. The van der Waals surface area contributed by atoms with Crippen molar-refractivity contribution in [2.75, 3.05) is 13.8 Å². The minimum absolute atomic E-state index is 0.0216. The van der Waals surface area contributed by atoms with E-state index in [1.54, 1.807) is 0 Å². The molecule has 1 saturated heterocycles. The van der Waals surface area contributed by atoms with Gasteiger partial charge in [0.05, 0.1) is 19.8 Å². The number of rotatable bonds is 2. The number of carbonyl (C=O) groups excluding carboxylic acids is 1. The quantitative estimate of drug-likeness (QED) is 0.568. The van der Waals surface area contributed by atoms with E-state index < -0.39 is 0 Å². The van der Waals surface area contributed by atoms with Gasteiger partial charge in [0, 0.05) is 11.1 Å². The van der Waals surface area contributed by atoms with Crippen LogP contribution >= 0.6 is 0 Å². The molecule has 0 aromatic carbocycles. The van der Waals surface area contributed by atoms with Gasteiger partial charge in [-0.25, -0.2) is 0 Å². The summed E-state index contributed by atoms with van der Waals surface area (Å²) in [6, 6.07) is -0.312. The molecule has 1 heterocycles. The topological polar surface area (TPSA) is 32.8 Å². The van der Waals surface area contributed by atoms with Gasteiger partial charge in [-0.2, -0.15) is 0 Å². The van der Waals surface area contributed by atoms with Gasteiger partial charge in [-0.05, 0) is 41.5 Å². The molecule has 110 valence electrons. The van der Waals surface area contributed by atoms with Crippen LogP contribution in [0.25, 0.3) is 0 Å². The van der Waals surface area contributed by atoms with Crippen molar-refractivity contribution in [1.82, 2.24) is 9.80 Å². The third-order valence-corrected chi connectivity index (χ3v) is 3.73. The van der Waals surface area contributed by atoms with Gasteiger partial charge in [0.25, 0.3) is 0 Å². The SMILES string of the molecule is C=C[C@@H]1[C@@H](C(=O)OC)N(C(C)(C)C)CN1C(C)(C)C. The molecule has 19 heavy (non-hydrogen) atoms. The summed E-state index contributed by atoms with van der Waals surface area (Å²) in [5.74, 6) is -0.188. The Bertz CT molecular complexity index is 352. The highest BCUT2D eigenvalue weighted by atomic mass is 16.5. The molecule has 1 rings (SSSR count). The monoisotopic (exact) mass is 268 g/mol. The number of methoxy groups -OCH3 is 1. The molecule has 0 amide bonds. The Morgan fingerprint density at radius 3 is 1.95 bits per heavy atom. The van der Waals surface area contributed by atoms with Crippen molar-refractivity contribution in [1.29, 1.82) is 0 Å². The van der Waals surface area contributed by atoms with Crippen LogP contribution in [0.1, 0.15) is 41.5 Å². The zero-order chi connectivity index (χ0) is 15.0. The normalized spacial score (nSPS) is 26.5. The highest BCUT2D eigenvalue weighted by molar-refractivity contribution is 5.77. The molecule has 0 aromatic rings. The summed E-state index contributed by atoms with van der Waals surface area (Å²) in [6.07, 6.45) is 1.86. The van der Waals surface area contributed by atoms with E-state index in [9.17, 15) is 4.79 Å². The molecule has 0 unspecified atom stereocenters. The third-order valence-electron chi connectivity index (χ3n) is 3.73. The maximum atomic E-state index is 12.2. The number of hydrogen-bond donors (Lipinski definition) is 0. The molecule has 4 nitrogen and oxygen atoms in total. The molecule has 1 aliphatic heterocycles. The van der Waals surface area contributed by atoms with Crippen molar-refractivity contribution in [2.45, 2.75) is 64.7 Å². The summed E-state index contributed by atoms with van der Waals surface area (Å²) in [5, 5.41) is 0. The van der Waals surface area contributed by atoms with Gasteiger partial charge < -0.3 is 4.74 Å². The zero-order valence-corrected chi connectivity index (χ0v) is 13.4. The van der Waals surface area contributed by atoms with Crippen LogP contribution in [0.15, 0.2) is 12.7 Å². The first kappa shape index (κ1) is 16.2. The lowest BCUT2D eigenvalue weighted by molar-refractivity contribution is -0.147. The minimum Gasteiger partial charge on any atom is -0.468 e. The Kier molecular flexibility index (Phi) is 4.47. The first-order valence-electron chi connectivity index (χ1n) is 6.78. The van der Waals surface area contributed by atoms with Gasteiger partial charge in [0.1, 0.15) is 6.04 Å². The van der Waals surface area contributed by atoms with Crippen molar-refractivity contribution < 1.29 is 9.53 Å². The molecule has 1 fully saturated rings. The van der Waals surface area contributed by atoms with E-state index in [4.69, 9.17) is 4.74 Å². The summed E-state index contributed by atoms with van der Waals surface area (Å²) in [6.45, 7) is 17.5. The first-order chi connectivity index (χ1) is 8.54. The molecule has 0 radical (unpaired) electrons. The van der Waals surface area contributed by atoms with Gasteiger partial charge in [-0.15, -0.1) is 6.58 Å². The van der Waals surface area contributed by atoms with Gasteiger partial charge in [-0.3, -0.25) is 14.6 Å². The van der Waals surface area contributed by atoms with Gasteiger partial charge >= 0.3 is 5.97 Å². The van der Waals surface area contributed by atoms with E-state index in [-0.39, 0.29) is 29.1 Å². The van der Waals surface area contributed by atoms with Crippen LogP contribution in [-0.4, -0.2) is 52.7 Å². The standard InChI is InChI=1S/C15H28N2O2/c1-9-11-12(13(18)19-8)17(15(5,6)7)10-16(11)14(2,3)4/h9,11-12H,1,10H2,2-8H3/t11-,12+/m1/s1. The molecule has 2 atom stereocenters. The number of esters is 1. The Morgan fingerprint density at radius 1 is 1.16 bits per heavy atom. The second kappa shape index (κ2) is 5.25. The van der Waals surface area contributed by atoms with E-state index in [0.717, 1.165) is 6.67 Å². The number of carbonyl (C=O) groups is 1. The van der Waals surface area contributed by atoms with Crippen LogP contribution in [0.2, 0.25) is 0 Å². The van der Waals surface area contributed by atoms with Crippen molar-refractivity contribution in [3.8, 4) is 0 Å². The predicted molar refractivity (Wildman–Crippen MR) is 77.8 cm³/mol. The van der Waals surface area contributed by atoms with Crippen LogP contribution in [-0.2, 0) is 9.53 Å². The first-order valence-corrected chi connectivity index (χ1v) is 6.78. The summed E-state index contributed by atoms with van der Waals surface area (Å²) in [5.41, 5.74) is -0.120. The number of ether oxygens (including phenoxy) is 1. The van der Waals surface area contributed by atoms with Crippen molar-refractivity contribution >= 4 is 5.97 Å². The van der Waals surface area contributed by atoms with E-state index in [2.05, 4.69) is 57.9 Å². The maximum Gasteiger partial charge on any atom is 0.325 e. The van der Waals surface area contributed by atoms with Crippen LogP contribution in [0.4, 0.5) is 0 Å². The minimum atomic E-state index is -0.290. The molecule has 0 spiro atoms. The van der Waals surface area contributed by atoms with Crippen LogP contribution in [0.3, 0.4) is 0 Å². The van der Waals surface area contributed by atoms with Crippen molar-refractivity contribution in [3.05, 3.63) is 12.7 Å². The lowest BCUT2D eigenvalue weighted by Crippen LogP contribution is -2.51. The van der Waals surface area contributed by atoms with Gasteiger partial charge in [0.15, 0.2) is 0 Å². The maximum absolute atomic E-state index is 12.2. The Morgan fingerprint density at radius 2 is 1.63 bits per heavy atom. The molecule has 4 heteroatoms. The molecule has 0 bridgehead atoms. The molecule has 1 aliphatic rings. The summed E-state index contributed by atoms with van der Waals surface area (Å²) in [7, 11) is 1.45. The second-order valence-corrected chi connectivity index (χ2v) is 7.12. The van der Waals surface area contributed by atoms with E-state index in [0.29, 0.717) is 0 Å². The summed E-state index contributed by atoms with van der Waals surface area (Å²) < 4.78 is 5.00. The van der Waals surface area contributed by atoms with Crippen molar-refractivity contribution in [2.24, 2.45) is 0 Å². The predicted octanol–water partition coefficient (Wildman–Crippen LogP) is 2.25. The lowest BCUT2D eigenvalue weighted by Gasteiger charge is -2.36. The van der Waals surface area contributed by atoms with Gasteiger partial charge in [-0.1, -0.05) is 6.08 Å². The van der Waals surface area contributed by atoms with Crippen LogP contribution in [0.5, 0.6) is 0 Å². The van der Waals surface area contributed by atoms with E-state index >= 15 is 0 Å². The highest BCUT2D eigenvalue weighted by Crippen LogP contribution is 2.34. The molecule has 0 aromatic heterocycles. The fraction of sp³-hybridized carbons (Fsp3) is 0.800. The van der Waals surface area contributed by atoms with Crippen molar-refractivity contribution in [3.63, 3.8) is 0 Å². The van der Waals surface area contributed by atoms with E-state index in [1.165, 1.54) is 7.11 Å². The zero-order valence-electron chi connectivity index (χ0n) is 13.4. The molecular formula is C15H28N2O2. The lowest BCUT2D eigenvalue weighted by atomic mass is 9.99. The highest BCUT2D eigenvalue weighted by Gasteiger charge is 2.50. The fourth-order valence-corrected chi connectivity index (χ4v) is 2.63. The number of hydrogen-bond acceptors (Lipinski definition) is 4. The average molecular weight is 268 g/mol. The van der Waals surface area contributed by atoms with Crippen LogP contribution in [0, 0.1) is 0 Å². The van der Waals surface area contributed by atoms with Crippen LogP contribution < -0.4 is 0 Å². The Balaban J connectivity index is 3.20. The van der Waals surface area contributed by atoms with E-state index in [1.807, 2.05) is 6.08 Å². The van der Waals surface area contributed by atoms with Gasteiger partial charge in [0.2, 0.25) is 0 Å².